The molecule has 0 saturated carbocycles. The van der Waals surface area contributed by atoms with Gasteiger partial charge in [0.1, 0.15) is 0 Å². The predicted octanol–water partition coefficient (Wildman–Crippen LogP) is 2.30. The van der Waals surface area contributed by atoms with Crippen molar-refractivity contribution in [2.24, 2.45) is 0 Å². The van der Waals surface area contributed by atoms with E-state index in [1.54, 1.807) is 6.33 Å². The number of imidazole rings is 1. The van der Waals surface area contributed by atoms with Gasteiger partial charge >= 0.3 is 0 Å². The summed E-state index contributed by atoms with van der Waals surface area (Å²) in [5.41, 5.74) is 1.99. The van der Waals surface area contributed by atoms with Gasteiger partial charge in [0.05, 0.1) is 18.6 Å². The number of aliphatic hydroxyl groups is 1. The fourth-order valence-electron chi connectivity index (χ4n) is 1.39. The van der Waals surface area contributed by atoms with Crippen LogP contribution in [-0.4, -0.2) is 21.3 Å². The molecule has 1 heterocycles. The van der Waals surface area contributed by atoms with Crippen LogP contribution in [0.3, 0.4) is 0 Å². The molecule has 0 saturated heterocycles. The minimum atomic E-state index is 0.133. The van der Waals surface area contributed by atoms with Crippen LogP contribution >= 0.6 is 15.9 Å². The Morgan fingerprint density at radius 2 is 2.27 bits per heavy atom. The van der Waals surface area contributed by atoms with E-state index in [9.17, 15) is 0 Å². The fourth-order valence-corrected chi connectivity index (χ4v) is 1.79. The third-order valence-electron chi connectivity index (χ3n) is 2.11. The van der Waals surface area contributed by atoms with E-state index in [4.69, 9.17) is 5.11 Å². The molecule has 15 heavy (non-hydrogen) atoms. The maximum atomic E-state index is 8.79. The molecule has 0 fully saturated rings. The van der Waals surface area contributed by atoms with E-state index in [0.717, 1.165) is 15.7 Å². The first-order chi connectivity index (χ1) is 7.29. The Bertz CT molecular complexity index is 453. The van der Waals surface area contributed by atoms with Gasteiger partial charge in [-0.3, -0.25) is 0 Å². The van der Waals surface area contributed by atoms with E-state index >= 15 is 0 Å². The van der Waals surface area contributed by atoms with E-state index in [-0.39, 0.29) is 6.61 Å². The quantitative estimate of drug-likeness (QED) is 0.926. The highest BCUT2D eigenvalue weighted by Gasteiger charge is 2.01. The van der Waals surface area contributed by atoms with Gasteiger partial charge < -0.3 is 9.67 Å². The Labute approximate surface area is 96.5 Å². The molecule has 0 aliphatic heterocycles. The average Bonchev–Trinajstić information content (AvgIpc) is 2.67. The number of aliphatic hydroxyl groups excluding tert-OH is 1. The first-order valence-electron chi connectivity index (χ1n) is 4.68. The van der Waals surface area contributed by atoms with Gasteiger partial charge in [-0.1, -0.05) is 28.1 Å². The third kappa shape index (κ3) is 2.46. The lowest BCUT2D eigenvalue weighted by atomic mass is 10.2. The molecule has 0 amide bonds. The van der Waals surface area contributed by atoms with Crippen molar-refractivity contribution in [2.75, 3.05) is 6.61 Å². The number of benzene rings is 1. The van der Waals surface area contributed by atoms with Crippen LogP contribution < -0.4 is 0 Å². The van der Waals surface area contributed by atoms with Gasteiger partial charge in [-0.05, 0) is 12.1 Å². The summed E-state index contributed by atoms with van der Waals surface area (Å²) in [5, 5.41) is 8.79. The molecule has 1 aromatic carbocycles. The predicted molar refractivity (Wildman–Crippen MR) is 62.4 cm³/mol. The average molecular weight is 267 g/mol. The van der Waals surface area contributed by atoms with Crippen LogP contribution in [0.5, 0.6) is 0 Å². The molecule has 1 N–H and O–H groups in total. The van der Waals surface area contributed by atoms with E-state index in [0.29, 0.717) is 6.54 Å². The van der Waals surface area contributed by atoms with Crippen LogP contribution in [0.4, 0.5) is 0 Å². The molecule has 2 rings (SSSR count). The van der Waals surface area contributed by atoms with Crippen molar-refractivity contribution >= 4 is 15.9 Å². The molecule has 0 spiro atoms. The van der Waals surface area contributed by atoms with Crippen LogP contribution in [0.2, 0.25) is 0 Å². The van der Waals surface area contributed by atoms with Gasteiger partial charge in [0, 0.05) is 22.8 Å². The lowest BCUT2D eigenvalue weighted by Gasteiger charge is -1.97. The Balaban J connectivity index is 2.29. The van der Waals surface area contributed by atoms with Crippen molar-refractivity contribution in [1.82, 2.24) is 9.55 Å². The lowest BCUT2D eigenvalue weighted by molar-refractivity contribution is 0.276. The molecule has 0 radical (unpaired) electrons. The van der Waals surface area contributed by atoms with Crippen molar-refractivity contribution < 1.29 is 5.11 Å². The smallest absolute Gasteiger partial charge is 0.0954 e. The van der Waals surface area contributed by atoms with Gasteiger partial charge in [0.15, 0.2) is 0 Å². The Morgan fingerprint density at radius 3 is 3.00 bits per heavy atom. The molecule has 0 atom stereocenters. The van der Waals surface area contributed by atoms with E-state index in [1.165, 1.54) is 0 Å². The van der Waals surface area contributed by atoms with E-state index in [2.05, 4.69) is 20.9 Å². The van der Waals surface area contributed by atoms with Crippen molar-refractivity contribution in [3.05, 3.63) is 41.3 Å². The highest BCUT2D eigenvalue weighted by atomic mass is 79.9. The van der Waals surface area contributed by atoms with Crippen LogP contribution in [0.15, 0.2) is 41.3 Å². The molecule has 3 nitrogen and oxygen atoms in total. The molecule has 1 aromatic heterocycles. The fraction of sp³-hybridized carbons (Fsp3) is 0.182. The summed E-state index contributed by atoms with van der Waals surface area (Å²) in [6.45, 7) is 0.718. The highest BCUT2D eigenvalue weighted by Crippen LogP contribution is 2.20. The third-order valence-corrected chi connectivity index (χ3v) is 2.61. The Morgan fingerprint density at radius 1 is 1.40 bits per heavy atom. The number of hydrogen-bond acceptors (Lipinski definition) is 2. The number of nitrogens with zero attached hydrogens (tertiary/aromatic N) is 2. The summed E-state index contributed by atoms with van der Waals surface area (Å²) in [6.07, 6.45) is 3.66. The first-order valence-corrected chi connectivity index (χ1v) is 5.47. The highest BCUT2D eigenvalue weighted by molar-refractivity contribution is 9.10. The largest absolute Gasteiger partial charge is 0.395 e. The first kappa shape index (κ1) is 10.4. The van der Waals surface area contributed by atoms with Gasteiger partial charge in [0.2, 0.25) is 0 Å². The zero-order chi connectivity index (χ0) is 10.7. The zero-order valence-corrected chi connectivity index (χ0v) is 9.68. The maximum Gasteiger partial charge on any atom is 0.0954 e. The minimum Gasteiger partial charge on any atom is -0.395 e. The van der Waals surface area contributed by atoms with Crippen LogP contribution in [0.1, 0.15) is 0 Å². The summed E-state index contributed by atoms with van der Waals surface area (Å²) in [5.74, 6) is 0. The number of rotatable bonds is 3. The Kier molecular flexibility index (Phi) is 3.18. The number of halogens is 1. The van der Waals surface area contributed by atoms with Crippen molar-refractivity contribution in [3.63, 3.8) is 0 Å². The molecular weight excluding hydrogens is 256 g/mol. The molecule has 2 aromatic rings. The standard InChI is InChI=1S/C11H11BrN2O/c12-10-3-1-2-9(6-10)11-7-14(4-5-15)8-13-11/h1-3,6-8,15H,4-5H2. The summed E-state index contributed by atoms with van der Waals surface area (Å²) >= 11 is 3.42. The summed E-state index contributed by atoms with van der Waals surface area (Å²) in [7, 11) is 0. The van der Waals surface area contributed by atoms with Gasteiger partial charge in [-0.2, -0.15) is 0 Å². The molecule has 0 bridgehead atoms. The molecular formula is C11H11BrN2O. The molecule has 0 aliphatic carbocycles. The number of hydrogen-bond donors (Lipinski definition) is 1. The minimum absolute atomic E-state index is 0.133. The SMILES string of the molecule is OCCn1cnc(-c2cccc(Br)c2)c1. The second-order valence-corrected chi connectivity index (χ2v) is 4.15. The maximum absolute atomic E-state index is 8.79. The second-order valence-electron chi connectivity index (χ2n) is 3.23. The van der Waals surface area contributed by atoms with Gasteiger partial charge in [0.25, 0.3) is 0 Å². The monoisotopic (exact) mass is 266 g/mol. The van der Waals surface area contributed by atoms with Gasteiger partial charge in [-0.25, -0.2) is 4.98 Å². The molecule has 78 valence electrons. The van der Waals surface area contributed by atoms with E-state index in [1.807, 2.05) is 35.0 Å². The van der Waals surface area contributed by atoms with Crippen molar-refractivity contribution in [2.45, 2.75) is 6.54 Å². The van der Waals surface area contributed by atoms with Crippen LogP contribution in [-0.2, 0) is 6.54 Å². The summed E-state index contributed by atoms with van der Waals surface area (Å²) < 4.78 is 2.91. The van der Waals surface area contributed by atoms with Crippen molar-refractivity contribution in [1.29, 1.82) is 0 Å². The lowest BCUT2D eigenvalue weighted by Crippen LogP contribution is -1.97. The van der Waals surface area contributed by atoms with Crippen LogP contribution in [0, 0.1) is 0 Å². The Hall–Kier alpha value is -1.13. The molecule has 0 aliphatic rings. The number of aromatic nitrogens is 2. The summed E-state index contributed by atoms with van der Waals surface area (Å²) in [4.78, 5) is 4.28. The van der Waals surface area contributed by atoms with Gasteiger partial charge in [-0.15, -0.1) is 0 Å². The molecule has 4 heteroatoms. The van der Waals surface area contributed by atoms with Crippen molar-refractivity contribution in [3.8, 4) is 11.3 Å². The van der Waals surface area contributed by atoms with E-state index < -0.39 is 0 Å². The summed E-state index contributed by atoms with van der Waals surface area (Å²) in [6, 6.07) is 7.99. The zero-order valence-electron chi connectivity index (χ0n) is 8.10. The second kappa shape index (κ2) is 4.59. The topological polar surface area (TPSA) is 38.0 Å². The molecule has 0 unspecified atom stereocenters. The normalized spacial score (nSPS) is 10.5. The van der Waals surface area contributed by atoms with Crippen LogP contribution in [0.25, 0.3) is 11.3 Å².